The predicted molar refractivity (Wildman–Crippen MR) is 47.8 cm³/mol. The Morgan fingerprint density at radius 3 is 2.91 bits per heavy atom. The Balaban J connectivity index is 2.52. The van der Waals surface area contributed by atoms with Crippen molar-refractivity contribution in [1.82, 2.24) is 5.32 Å². The van der Waals surface area contributed by atoms with E-state index in [2.05, 4.69) is 17.2 Å². The molecule has 0 aliphatic carbocycles. The van der Waals surface area contributed by atoms with Crippen molar-refractivity contribution in [3.8, 4) is 0 Å². The Morgan fingerprint density at radius 2 is 2.45 bits per heavy atom. The lowest BCUT2D eigenvalue weighted by Crippen LogP contribution is -2.24. The summed E-state index contributed by atoms with van der Waals surface area (Å²) in [6.45, 7) is 2.08. The minimum atomic E-state index is 0.0960. The van der Waals surface area contributed by atoms with E-state index in [0.29, 0.717) is 0 Å². The van der Waals surface area contributed by atoms with Crippen LogP contribution in [-0.2, 0) is 4.79 Å². The molecule has 1 N–H and O–H groups in total. The summed E-state index contributed by atoms with van der Waals surface area (Å²) < 4.78 is 0. The van der Waals surface area contributed by atoms with E-state index in [9.17, 15) is 4.79 Å². The first-order valence-corrected chi connectivity index (χ1v) is 4.60. The molecule has 1 unspecified atom stereocenters. The van der Waals surface area contributed by atoms with Crippen molar-refractivity contribution in [3.63, 3.8) is 0 Å². The molecule has 1 atom stereocenters. The topological polar surface area (TPSA) is 41.5 Å². The molecule has 1 rings (SSSR count). The van der Waals surface area contributed by atoms with E-state index in [1.54, 1.807) is 7.05 Å². The largest absolute Gasteiger partial charge is 0.304 e. The van der Waals surface area contributed by atoms with Gasteiger partial charge in [-0.05, 0) is 6.42 Å². The second-order valence-electron chi connectivity index (χ2n) is 2.41. The van der Waals surface area contributed by atoms with Crippen LogP contribution in [0.2, 0.25) is 0 Å². The summed E-state index contributed by atoms with van der Waals surface area (Å²) in [7, 11) is 1.69. The number of nitrogens with zero attached hydrogens (tertiary/aromatic N) is 1. The van der Waals surface area contributed by atoms with Gasteiger partial charge in [0.1, 0.15) is 0 Å². The minimum absolute atomic E-state index is 0.0960. The fourth-order valence-corrected chi connectivity index (χ4v) is 2.02. The number of hydrogen-bond donors (Lipinski definition) is 1. The predicted octanol–water partition coefficient (Wildman–Crippen LogP) is 1.00. The number of carbonyl (C=O) groups excluding carboxylic acids is 1. The minimum Gasteiger partial charge on any atom is -0.304 e. The quantitative estimate of drug-likeness (QED) is 0.675. The smallest absolute Gasteiger partial charge is 0.239 e. The van der Waals surface area contributed by atoms with Gasteiger partial charge in [-0.15, -0.1) is 0 Å². The van der Waals surface area contributed by atoms with Gasteiger partial charge in [-0.1, -0.05) is 25.1 Å². The number of amidine groups is 1. The zero-order chi connectivity index (χ0) is 8.27. The van der Waals surface area contributed by atoms with Gasteiger partial charge >= 0.3 is 0 Å². The van der Waals surface area contributed by atoms with Crippen molar-refractivity contribution < 1.29 is 4.79 Å². The highest BCUT2D eigenvalue weighted by molar-refractivity contribution is 8.15. The van der Waals surface area contributed by atoms with Crippen LogP contribution in [-0.4, -0.2) is 23.4 Å². The monoisotopic (exact) mass is 172 g/mol. The third-order valence-electron chi connectivity index (χ3n) is 1.53. The van der Waals surface area contributed by atoms with E-state index in [4.69, 9.17) is 0 Å². The Morgan fingerprint density at radius 1 is 1.73 bits per heavy atom. The molecular formula is C7H12N2OS. The molecule has 1 fully saturated rings. The number of rotatable bonds is 2. The molecule has 0 aromatic rings. The lowest BCUT2D eigenvalue weighted by Gasteiger charge is -1.99. The number of thioether (sulfide) groups is 1. The van der Waals surface area contributed by atoms with Crippen LogP contribution in [0.4, 0.5) is 0 Å². The third kappa shape index (κ3) is 1.96. The van der Waals surface area contributed by atoms with Gasteiger partial charge < -0.3 is 5.32 Å². The van der Waals surface area contributed by atoms with Gasteiger partial charge in [-0.2, -0.15) is 0 Å². The first-order chi connectivity index (χ1) is 5.27. The fraction of sp³-hybridized carbons (Fsp3) is 0.714. The van der Waals surface area contributed by atoms with Crippen LogP contribution in [0, 0.1) is 0 Å². The van der Waals surface area contributed by atoms with E-state index in [-0.39, 0.29) is 11.2 Å². The van der Waals surface area contributed by atoms with Gasteiger partial charge in [-0.3, -0.25) is 9.79 Å². The lowest BCUT2D eigenvalue weighted by molar-refractivity contribution is -0.118. The maximum absolute atomic E-state index is 11.1. The van der Waals surface area contributed by atoms with Gasteiger partial charge in [0.05, 0.1) is 5.25 Å². The summed E-state index contributed by atoms with van der Waals surface area (Å²) in [5.74, 6) is 0.109. The molecule has 11 heavy (non-hydrogen) atoms. The average molecular weight is 172 g/mol. The van der Waals surface area contributed by atoms with Gasteiger partial charge in [0.25, 0.3) is 0 Å². The van der Waals surface area contributed by atoms with Gasteiger partial charge in [0.2, 0.25) is 5.91 Å². The van der Waals surface area contributed by atoms with Crippen molar-refractivity contribution in [2.24, 2.45) is 4.99 Å². The number of amides is 1. The third-order valence-corrected chi connectivity index (χ3v) is 2.77. The average Bonchev–Trinajstić information content (AvgIpc) is 2.33. The Kier molecular flexibility index (Phi) is 2.93. The molecule has 62 valence electrons. The van der Waals surface area contributed by atoms with Crippen molar-refractivity contribution in [2.45, 2.75) is 25.0 Å². The van der Waals surface area contributed by atoms with Crippen LogP contribution in [0.1, 0.15) is 19.8 Å². The molecule has 3 nitrogen and oxygen atoms in total. The van der Waals surface area contributed by atoms with Gasteiger partial charge in [-0.25, -0.2) is 0 Å². The van der Waals surface area contributed by atoms with Crippen LogP contribution in [0.25, 0.3) is 0 Å². The molecule has 4 heteroatoms. The zero-order valence-electron chi connectivity index (χ0n) is 6.76. The van der Waals surface area contributed by atoms with E-state index < -0.39 is 0 Å². The summed E-state index contributed by atoms with van der Waals surface area (Å²) in [5, 5.41) is 3.57. The Bertz CT molecular complexity index is 191. The van der Waals surface area contributed by atoms with Crippen LogP contribution >= 0.6 is 11.8 Å². The molecule has 0 saturated carbocycles. The van der Waals surface area contributed by atoms with E-state index >= 15 is 0 Å². The first kappa shape index (κ1) is 8.59. The number of carbonyl (C=O) groups is 1. The second kappa shape index (κ2) is 3.76. The molecule has 0 aromatic carbocycles. The molecule has 1 heterocycles. The van der Waals surface area contributed by atoms with Gasteiger partial charge in [0.15, 0.2) is 5.17 Å². The van der Waals surface area contributed by atoms with Crippen LogP contribution in [0.5, 0.6) is 0 Å². The number of aliphatic imine (C=N–C) groups is 1. The molecule has 1 aliphatic rings. The van der Waals surface area contributed by atoms with Crippen molar-refractivity contribution >= 4 is 22.8 Å². The first-order valence-electron chi connectivity index (χ1n) is 3.72. The molecule has 1 amide bonds. The Labute approximate surface area is 70.7 Å². The summed E-state index contributed by atoms with van der Waals surface area (Å²) in [6, 6.07) is 0. The number of nitrogens with one attached hydrogen (secondary N) is 1. The lowest BCUT2D eigenvalue weighted by atomic mass is 10.2. The van der Waals surface area contributed by atoms with Gasteiger partial charge in [0, 0.05) is 7.05 Å². The highest BCUT2D eigenvalue weighted by atomic mass is 32.2. The molecule has 0 radical (unpaired) electrons. The van der Waals surface area contributed by atoms with Crippen molar-refractivity contribution in [1.29, 1.82) is 0 Å². The number of hydrogen-bond acceptors (Lipinski definition) is 3. The summed E-state index contributed by atoms with van der Waals surface area (Å²) in [5.41, 5.74) is 0. The van der Waals surface area contributed by atoms with Crippen molar-refractivity contribution in [3.05, 3.63) is 0 Å². The molecule has 0 bridgehead atoms. The van der Waals surface area contributed by atoms with E-state index in [0.717, 1.165) is 18.0 Å². The molecular weight excluding hydrogens is 160 g/mol. The molecule has 1 saturated heterocycles. The summed E-state index contributed by atoms with van der Waals surface area (Å²) >= 11 is 1.53. The molecule has 1 aliphatic heterocycles. The SMILES string of the molecule is CCCC1SC(=NC)NC1=O. The van der Waals surface area contributed by atoms with E-state index in [1.807, 2.05) is 0 Å². The maximum Gasteiger partial charge on any atom is 0.239 e. The standard InChI is InChI=1S/C7H12N2OS/c1-3-4-5-6(10)9-7(8-2)11-5/h5H,3-4H2,1-2H3,(H,8,9,10). The summed E-state index contributed by atoms with van der Waals surface area (Å²) in [6.07, 6.45) is 1.98. The highest BCUT2D eigenvalue weighted by Crippen LogP contribution is 2.22. The van der Waals surface area contributed by atoms with E-state index in [1.165, 1.54) is 11.8 Å². The zero-order valence-corrected chi connectivity index (χ0v) is 7.57. The maximum atomic E-state index is 11.1. The van der Waals surface area contributed by atoms with Crippen LogP contribution in [0.15, 0.2) is 4.99 Å². The summed E-state index contributed by atoms with van der Waals surface area (Å²) in [4.78, 5) is 15.0. The van der Waals surface area contributed by atoms with Crippen LogP contribution in [0.3, 0.4) is 0 Å². The normalized spacial score (nSPS) is 27.6. The second-order valence-corrected chi connectivity index (χ2v) is 3.60. The molecule has 0 spiro atoms. The fourth-order valence-electron chi connectivity index (χ4n) is 0.964. The van der Waals surface area contributed by atoms with Crippen LogP contribution < -0.4 is 5.32 Å². The molecule has 0 aromatic heterocycles. The highest BCUT2D eigenvalue weighted by Gasteiger charge is 2.28. The van der Waals surface area contributed by atoms with Crippen molar-refractivity contribution in [2.75, 3.05) is 7.05 Å². The Hall–Kier alpha value is -0.510.